The Morgan fingerprint density at radius 2 is 1.81 bits per heavy atom. The Bertz CT molecular complexity index is 924. The maximum absolute atomic E-state index is 13.0. The van der Waals surface area contributed by atoms with Gasteiger partial charge < -0.3 is 10.2 Å². The van der Waals surface area contributed by atoms with E-state index in [1.807, 2.05) is 28.8 Å². The van der Waals surface area contributed by atoms with Crippen LogP contribution in [0.15, 0.2) is 36.5 Å². The topological polar surface area (TPSA) is 82.5 Å². The van der Waals surface area contributed by atoms with Gasteiger partial charge in [0.15, 0.2) is 0 Å². The predicted molar refractivity (Wildman–Crippen MR) is 121 cm³/mol. The summed E-state index contributed by atoms with van der Waals surface area (Å²) in [5.74, 6) is 0.875. The number of nitrogens with one attached hydrogen (secondary N) is 2. The highest BCUT2D eigenvalue weighted by Crippen LogP contribution is 2.27. The number of likely N-dealkylation sites (tertiary alicyclic amines) is 2. The van der Waals surface area contributed by atoms with E-state index in [4.69, 9.17) is 11.6 Å². The number of benzene rings is 1. The maximum atomic E-state index is 13.0. The van der Waals surface area contributed by atoms with E-state index in [9.17, 15) is 9.59 Å². The number of urea groups is 1. The van der Waals surface area contributed by atoms with E-state index in [2.05, 4.69) is 20.6 Å². The summed E-state index contributed by atoms with van der Waals surface area (Å²) in [6.45, 7) is 2.41. The molecule has 166 valence electrons. The van der Waals surface area contributed by atoms with Crippen LogP contribution in [0.2, 0.25) is 5.02 Å². The molecule has 0 spiro atoms. The lowest BCUT2D eigenvalue weighted by atomic mass is 9.99. The zero-order valence-electron chi connectivity index (χ0n) is 17.8. The molecule has 0 aliphatic carbocycles. The molecule has 2 saturated heterocycles. The second-order valence-corrected chi connectivity index (χ2v) is 8.68. The van der Waals surface area contributed by atoms with Crippen LogP contribution in [0.4, 0.5) is 16.3 Å². The molecule has 1 atom stereocenters. The Balaban J connectivity index is 1.34. The summed E-state index contributed by atoms with van der Waals surface area (Å²) in [6, 6.07) is 8.65. The molecule has 1 aromatic carbocycles. The number of amides is 3. The molecule has 2 aliphatic heterocycles. The zero-order valence-corrected chi connectivity index (χ0v) is 18.5. The molecule has 4 rings (SSSR count). The molecular weight excluding hydrogens is 416 g/mol. The van der Waals surface area contributed by atoms with Crippen LogP contribution >= 0.6 is 11.6 Å². The van der Waals surface area contributed by atoms with E-state index < -0.39 is 0 Å². The van der Waals surface area contributed by atoms with Gasteiger partial charge in [-0.25, -0.2) is 9.48 Å². The van der Waals surface area contributed by atoms with Crippen molar-refractivity contribution in [1.29, 1.82) is 0 Å². The third kappa shape index (κ3) is 5.02. The molecule has 0 saturated carbocycles. The summed E-state index contributed by atoms with van der Waals surface area (Å²) in [5.41, 5.74) is 0.548. The standard InChI is InChI=1S/C22H29ClN6O2/c1-27-13-5-4-8-19(27)21(30)28-14-10-16(11-15-28)29-20(9-12-24-29)26-22(31)25-18-7-3-2-6-17(18)23/h2-3,6-7,9,12,16,19H,4-5,8,10-11,13-15H2,1H3,(H2,25,26,31)/t19-/m1/s1. The highest BCUT2D eigenvalue weighted by atomic mass is 35.5. The first-order valence-corrected chi connectivity index (χ1v) is 11.3. The van der Waals surface area contributed by atoms with Gasteiger partial charge in [-0.05, 0) is 51.4 Å². The molecule has 0 bridgehead atoms. The highest BCUT2D eigenvalue weighted by Gasteiger charge is 2.32. The zero-order chi connectivity index (χ0) is 21.8. The van der Waals surface area contributed by atoms with Crippen LogP contribution in [0, 0.1) is 0 Å². The van der Waals surface area contributed by atoms with Crippen molar-refractivity contribution in [3.05, 3.63) is 41.6 Å². The van der Waals surface area contributed by atoms with Crippen LogP contribution in [0.5, 0.6) is 0 Å². The van der Waals surface area contributed by atoms with Gasteiger partial charge in [-0.15, -0.1) is 0 Å². The lowest BCUT2D eigenvalue weighted by molar-refractivity contribution is -0.139. The summed E-state index contributed by atoms with van der Waals surface area (Å²) < 4.78 is 1.85. The van der Waals surface area contributed by atoms with Crippen LogP contribution in [0.1, 0.15) is 38.1 Å². The Morgan fingerprint density at radius 1 is 1.03 bits per heavy atom. The third-order valence-corrected chi connectivity index (χ3v) is 6.54. The largest absolute Gasteiger partial charge is 0.341 e. The van der Waals surface area contributed by atoms with Crippen molar-refractivity contribution in [3.8, 4) is 0 Å². The van der Waals surface area contributed by atoms with E-state index in [0.29, 0.717) is 29.6 Å². The average Bonchev–Trinajstić information content (AvgIpc) is 3.23. The number of para-hydroxylation sites is 1. The lowest BCUT2D eigenvalue weighted by Crippen LogP contribution is -2.51. The smallest absolute Gasteiger partial charge is 0.324 e. The van der Waals surface area contributed by atoms with Crippen molar-refractivity contribution in [1.82, 2.24) is 19.6 Å². The molecule has 3 amide bonds. The maximum Gasteiger partial charge on any atom is 0.324 e. The van der Waals surface area contributed by atoms with Gasteiger partial charge >= 0.3 is 6.03 Å². The van der Waals surface area contributed by atoms with E-state index in [-0.39, 0.29) is 24.0 Å². The first-order chi connectivity index (χ1) is 15.0. The number of hydrogen-bond donors (Lipinski definition) is 2. The van der Waals surface area contributed by atoms with Crippen LogP contribution < -0.4 is 10.6 Å². The number of aromatic nitrogens is 2. The normalized spacial score (nSPS) is 20.5. The molecule has 0 radical (unpaired) electrons. The van der Waals surface area contributed by atoms with Crippen molar-refractivity contribution in [2.75, 3.05) is 37.3 Å². The van der Waals surface area contributed by atoms with Gasteiger partial charge in [0.25, 0.3) is 0 Å². The summed E-state index contributed by atoms with van der Waals surface area (Å²) in [4.78, 5) is 29.6. The summed E-state index contributed by atoms with van der Waals surface area (Å²) in [7, 11) is 2.05. The first kappa shape index (κ1) is 21.6. The highest BCUT2D eigenvalue weighted by molar-refractivity contribution is 6.33. The lowest BCUT2D eigenvalue weighted by Gasteiger charge is -2.38. The number of rotatable bonds is 4. The van der Waals surface area contributed by atoms with Crippen LogP contribution in [0.3, 0.4) is 0 Å². The van der Waals surface area contributed by atoms with Crippen LogP contribution in [0.25, 0.3) is 0 Å². The number of nitrogens with zero attached hydrogens (tertiary/aromatic N) is 4. The minimum Gasteiger partial charge on any atom is -0.341 e. The Morgan fingerprint density at radius 3 is 2.55 bits per heavy atom. The first-order valence-electron chi connectivity index (χ1n) is 10.9. The molecule has 31 heavy (non-hydrogen) atoms. The van der Waals surface area contributed by atoms with E-state index in [1.54, 1.807) is 24.4 Å². The minimum atomic E-state index is -0.372. The summed E-state index contributed by atoms with van der Waals surface area (Å²) >= 11 is 6.11. The molecular formula is C22H29ClN6O2. The monoisotopic (exact) mass is 444 g/mol. The Labute approximate surface area is 187 Å². The number of likely N-dealkylation sites (N-methyl/N-ethyl adjacent to an activating group) is 1. The van der Waals surface area contributed by atoms with E-state index >= 15 is 0 Å². The molecule has 2 N–H and O–H groups in total. The summed E-state index contributed by atoms with van der Waals surface area (Å²) in [6.07, 6.45) is 6.54. The third-order valence-electron chi connectivity index (χ3n) is 6.21. The molecule has 2 aromatic rings. The fraction of sp³-hybridized carbons (Fsp3) is 0.500. The predicted octanol–water partition coefficient (Wildman–Crippen LogP) is 3.83. The van der Waals surface area contributed by atoms with Crippen LogP contribution in [-0.2, 0) is 4.79 Å². The molecule has 2 aliphatic rings. The van der Waals surface area contributed by atoms with Crippen molar-refractivity contribution in [3.63, 3.8) is 0 Å². The number of anilines is 2. The number of hydrogen-bond acceptors (Lipinski definition) is 4. The quantitative estimate of drug-likeness (QED) is 0.750. The summed E-state index contributed by atoms with van der Waals surface area (Å²) in [5, 5.41) is 10.5. The molecule has 0 unspecified atom stereocenters. The number of carbonyl (C=O) groups is 2. The molecule has 2 fully saturated rings. The Hall–Kier alpha value is -2.58. The molecule has 9 heteroatoms. The minimum absolute atomic E-state index is 0.0146. The van der Waals surface area contributed by atoms with Gasteiger partial charge in [0.05, 0.1) is 29.0 Å². The fourth-order valence-corrected chi connectivity index (χ4v) is 4.65. The fourth-order valence-electron chi connectivity index (χ4n) is 4.47. The second kappa shape index (κ2) is 9.70. The van der Waals surface area contributed by atoms with Crippen molar-refractivity contribution >= 4 is 35.0 Å². The van der Waals surface area contributed by atoms with Gasteiger partial charge in [0, 0.05) is 19.2 Å². The Kier molecular flexibility index (Phi) is 6.77. The van der Waals surface area contributed by atoms with Gasteiger partial charge in [-0.1, -0.05) is 30.2 Å². The van der Waals surface area contributed by atoms with E-state index in [1.165, 1.54) is 6.42 Å². The molecule has 1 aromatic heterocycles. The average molecular weight is 445 g/mol. The second-order valence-electron chi connectivity index (χ2n) is 8.27. The number of carbonyl (C=O) groups excluding carboxylic acids is 2. The van der Waals surface area contributed by atoms with Crippen LogP contribution in [-0.4, -0.2) is 64.2 Å². The van der Waals surface area contributed by atoms with Gasteiger partial charge in [-0.2, -0.15) is 5.10 Å². The van der Waals surface area contributed by atoms with E-state index in [0.717, 1.165) is 32.2 Å². The van der Waals surface area contributed by atoms with Gasteiger partial charge in [0.2, 0.25) is 5.91 Å². The molecule has 8 nitrogen and oxygen atoms in total. The number of halogens is 1. The van der Waals surface area contributed by atoms with Gasteiger partial charge in [0.1, 0.15) is 5.82 Å². The number of piperidine rings is 2. The van der Waals surface area contributed by atoms with Gasteiger partial charge in [-0.3, -0.25) is 15.0 Å². The SMILES string of the molecule is CN1CCCC[C@@H]1C(=O)N1CCC(n2nccc2NC(=O)Nc2ccccc2Cl)CC1. The molecule has 3 heterocycles. The van der Waals surface area contributed by atoms with Crippen molar-refractivity contribution in [2.24, 2.45) is 0 Å². The van der Waals surface area contributed by atoms with Crippen molar-refractivity contribution < 1.29 is 9.59 Å². The van der Waals surface area contributed by atoms with Crippen molar-refractivity contribution in [2.45, 2.75) is 44.2 Å².